The number of unbranched alkanes of at least 4 members (excludes halogenated alkanes) is 17. The number of hydrogen-bond donors (Lipinski definition) is 1. The molecule has 0 amide bonds. The maximum Gasteiger partial charge on any atom is 0.472 e. The van der Waals surface area contributed by atoms with Gasteiger partial charge in [-0.2, -0.15) is 0 Å². The van der Waals surface area contributed by atoms with Crippen molar-refractivity contribution in [2.45, 2.75) is 200 Å². The lowest BCUT2D eigenvalue weighted by atomic mass is 10.0. The van der Waals surface area contributed by atoms with Gasteiger partial charge in [0.2, 0.25) is 0 Å². The van der Waals surface area contributed by atoms with Crippen LogP contribution in [0.5, 0.6) is 0 Å². The molecule has 0 saturated carbocycles. The summed E-state index contributed by atoms with van der Waals surface area (Å²) in [5.74, 6) is -0.397. The summed E-state index contributed by atoms with van der Waals surface area (Å²) in [7, 11) is 1.61. The van der Waals surface area contributed by atoms with Crippen LogP contribution in [0.15, 0.2) is 97.2 Å². The molecule has 8 nitrogen and oxygen atoms in total. The van der Waals surface area contributed by atoms with Crippen LogP contribution in [-0.2, 0) is 27.9 Å². The molecule has 0 bridgehead atoms. The molecule has 65 heavy (non-hydrogen) atoms. The number of phosphoric acid groups is 1. The third kappa shape index (κ3) is 52.3. The maximum atomic E-state index is 12.7. The van der Waals surface area contributed by atoms with Gasteiger partial charge in [0.25, 0.3) is 0 Å². The zero-order valence-electron chi connectivity index (χ0n) is 42.4. The van der Waals surface area contributed by atoms with E-state index in [1.54, 1.807) is 0 Å². The SMILES string of the molecule is CC/C=C\C/C=C\C/C=C\C/C=C\C/C=C\C/C=C\CCC(=O)OC(COCCCCCCCCCCCCCC/C=C\C/C=C\CCCCCCC)COP(=O)(O)OCC[N+](C)(C)C. The van der Waals surface area contributed by atoms with E-state index in [1.807, 2.05) is 33.3 Å². The topological polar surface area (TPSA) is 91.3 Å². The first-order valence-corrected chi connectivity index (χ1v) is 27.5. The first kappa shape index (κ1) is 62.4. The second-order valence-corrected chi connectivity index (χ2v) is 19.6. The number of quaternary nitrogens is 1. The number of allylic oxidation sites excluding steroid dienone is 16. The predicted octanol–water partition coefficient (Wildman–Crippen LogP) is 16.2. The summed E-state index contributed by atoms with van der Waals surface area (Å²) in [6.45, 7) is 5.38. The zero-order chi connectivity index (χ0) is 47.6. The molecule has 2 atom stereocenters. The van der Waals surface area contributed by atoms with Gasteiger partial charge in [-0.05, 0) is 83.5 Å². The molecule has 0 saturated heterocycles. The standard InChI is InChI=1S/C56H98NO7P/c1-6-8-10-12-14-16-18-20-22-24-26-27-28-29-30-32-34-36-38-40-42-44-46-48-51-61-53-55(54-63-65(59,60)62-52-50-57(3,4)5)64-56(58)49-47-45-43-41-39-37-35-33-31-25-23-21-19-17-15-13-11-9-7-2/h9,11,15,17-18,20-21,23-24,26,31,33,37,39,43,45,55H,6-8,10,12-14,16,19,22,25,27-30,32,34-36,38,40-42,44,46-54H2,1-5H3/p+1/b11-9-,17-15-,20-18-,23-21-,26-24-,33-31-,39-37-,45-43-. The van der Waals surface area contributed by atoms with E-state index in [4.69, 9.17) is 18.5 Å². The van der Waals surface area contributed by atoms with E-state index in [2.05, 4.69) is 98.9 Å². The summed E-state index contributed by atoms with van der Waals surface area (Å²) < 4.78 is 35.0. The highest BCUT2D eigenvalue weighted by atomic mass is 31.2. The van der Waals surface area contributed by atoms with Gasteiger partial charge < -0.3 is 18.9 Å². The van der Waals surface area contributed by atoms with E-state index < -0.39 is 19.9 Å². The number of ether oxygens (including phenoxy) is 2. The number of likely N-dealkylation sites (N-methyl/N-ethyl adjacent to an activating group) is 1. The molecule has 0 aromatic rings. The lowest BCUT2D eigenvalue weighted by molar-refractivity contribution is -0.870. The van der Waals surface area contributed by atoms with Crippen LogP contribution in [0, 0.1) is 0 Å². The van der Waals surface area contributed by atoms with E-state index in [1.165, 1.54) is 109 Å². The van der Waals surface area contributed by atoms with Gasteiger partial charge in [0.1, 0.15) is 19.3 Å². The van der Waals surface area contributed by atoms with Crippen molar-refractivity contribution >= 4 is 13.8 Å². The third-order valence-electron chi connectivity index (χ3n) is 10.6. The highest BCUT2D eigenvalue weighted by Gasteiger charge is 2.26. The van der Waals surface area contributed by atoms with Crippen molar-refractivity contribution in [2.24, 2.45) is 0 Å². The molecular weight excluding hydrogens is 830 g/mol. The number of hydrogen-bond acceptors (Lipinski definition) is 6. The molecule has 0 heterocycles. The molecule has 0 fully saturated rings. The Balaban J connectivity index is 4.24. The number of phosphoric ester groups is 1. The van der Waals surface area contributed by atoms with Crippen molar-refractivity contribution < 1.29 is 37.3 Å². The number of nitrogens with zero attached hydrogens (tertiary/aromatic N) is 1. The van der Waals surface area contributed by atoms with E-state index in [-0.39, 0.29) is 26.2 Å². The third-order valence-corrected chi connectivity index (χ3v) is 11.6. The van der Waals surface area contributed by atoms with Crippen LogP contribution in [0.4, 0.5) is 0 Å². The first-order chi connectivity index (χ1) is 31.6. The fourth-order valence-electron chi connectivity index (χ4n) is 6.67. The summed E-state index contributed by atoms with van der Waals surface area (Å²) in [6.07, 6.45) is 66.2. The largest absolute Gasteiger partial charge is 0.472 e. The molecule has 1 N–H and O–H groups in total. The molecule has 0 spiro atoms. The predicted molar refractivity (Wildman–Crippen MR) is 279 cm³/mol. The van der Waals surface area contributed by atoms with Crippen molar-refractivity contribution in [2.75, 3.05) is 54.1 Å². The molecule has 0 rings (SSSR count). The van der Waals surface area contributed by atoms with Gasteiger partial charge in [-0.25, -0.2) is 4.57 Å². The Hall–Kier alpha value is -2.58. The summed E-state index contributed by atoms with van der Waals surface area (Å²) in [5, 5.41) is 0. The minimum Gasteiger partial charge on any atom is -0.457 e. The summed E-state index contributed by atoms with van der Waals surface area (Å²) in [6, 6.07) is 0. The Morgan fingerprint density at radius 2 is 0.892 bits per heavy atom. The lowest BCUT2D eigenvalue weighted by Gasteiger charge is -2.24. The highest BCUT2D eigenvalue weighted by molar-refractivity contribution is 7.47. The quantitative estimate of drug-likeness (QED) is 0.0214. The zero-order valence-corrected chi connectivity index (χ0v) is 43.3. The molecule has 0 aliphatic heterocycles. The maximum absolute atomic E-state index is 12.7. The van der Waals surface area contributed by atoms with Gasteiger partial charge in [-0.3, -0.25) is 13.8 Å². The molecule has 2 unspecified atom stereocenters. The Kier molecular flexibility index (Phi) is 46.0. The van der Waals surface area contributed by atoms with Gasteiger partial charge >= 0.3 is 13.8 Å². The van der Waals surface area contributed by atoms with Crippen LogP contribution in [-0.4, -0.2) is 75.6 Å². The number of rotatable bonds is 47. The monoisotopic (exact) mass is 929 g/mol. The highest BCUT2D eigenvalue weighted by Crippen LogP contribution is 2.43. The van der Waals surface area contributed by atoms with E-state index in [0.717, 1.165) is 57.8 Å². The van der Waals surface area contributed by atoms with Crippen LogP contribution in [0.3, 0.4) is 0 Å². The number of carbonyl (C=O) groups is 1. The van der Waals surface area contributed by atoms with Gasteiger partial charge in [0.05, 0.1) is 34.4 Å². The average molecular weight is 929 g/mol. The Morgan fingerprint density at radius 1 is 0.492 bits per heavy atom. The molecular formula is C56H99NO7P+. The minimum atomic E-state index is -4.31. The van der Waals surface area contributed by atoms with Crippen LogP contribution in [0.25, 0.3) is 0 Å². The van der Waals surface area contributed by atoms with Crippen LogP contribution in [0.1, 0.15) is 194 Å². The lowest BCUT2D eigenvalue weighted by Crippen LogP contribution is -2.37. The van der Waals surface area contributed by atoms with Crippen molar-refractivity contribution in [1.82, 2.24) is 0 Å². The molecule has 0 aliphatic carbocycles. The van der Waals surface area contributed by atoms with Gasteiger partial charge in [0.15, 0.2) is 0 Å². The fourth-order valence-corrected chi connectivity index (χ4v) is 7.41. The number of carbonyl (C=O) groups excluding carboxylic acids is 1. The molecule has 0 aromatic carbocycles. The molecule has 0 aromatic heterocycles. The van der Waals surface area contributed by atoms with Gasteiger partial charge in [0, 0.05) is 13.0 Å². The van der Waals surface area contributed by atoms with Crippen molar-refractivity contribution in [3.05, 3.63) is 97.2 Å². The van der Waals surface area contributed by atoms with Crippen LogP contribution in [0.2, 0.25) is 0 Å². The number of esters is 1. The van der Waals surface area contributed by atoms with Crippen molar-refractivity contribution in [3.63, 3.8) is 0 Å². The molecule has 374 valence electrons. The van der Waals surface area contributed by atoms with E-state index in [0.29, 0.717) is 24.1 Å². The van der Waals surface area contributed by atoms with Crippen molar-refractivity contribution in [3.8, 4) is 0 Å². The van der Waals surface area contributed by atoms with Crippen LogP contribution < -0.4 is 0 Å². The fraction of sp³-hybridized carbons (Fsp3) is 0.696. The Bertz CT molecular complexity index is 1360. The van der Waals surface area contributed by atoms with E-state index in [9.17, 15) is 14.3 Å². The first-order valence-electron chi connectivity index (χ1n) is 26.0. The Morgan fingerprint density at radius 3 is 1.34 bits per heavy atom. The van der Waals surface area contributed by atoms with Gasteiger partial charge in [-0.15, -0.1) is 0 Å². The average Bonchev–Trinajstić information content (AvgIpc) is 3.27. The summed E-state index contributed by atoms with van der Waals surface area (Å²) in [5.41, 5.74) is 0. The molecule has 9 heteroatoms. The minimum absolute atomic E-state index is 0.0699. The van der Waals surface area contributed by atoms with E-state index >= 15 is 0 Å². The van der Waals surface area contributed by atoms with Crippen molar-refractivity contribution in [1.29, 1.82) is 0 Å². The summed E-state index contributed by atoms with van der Waals surface area (Å²) in [4.78, 5) is 23.0. The molecule has 0 aliphatic rings. The molecule has 0 radical (unpaired) electrons. The second kappa shape index (κ2) is 47.9. The van der Waals surface area contributed by atoms with Gasteiger partial charge in [-0.1, -0.05) is 201 Å². The summed E-state index contributed by atoms with van der Waals surface area (Å²) >= 11 is 0. The normalized spacial score (nSPS) is 14.4. The smallest absolute Gasteiger partial charge is 0.457 e. The second-order valence-electron chi connectivity index (χ2n) is 18.2. The van der Waals surface area contributed by atoms with Crippen LogP contribution >= 0.6 is 7.82 Å². The Labute approximate surface area is 400 Å².